The number of halogens is 3. The molecular formula is C12H13F3N2O2. The number of amides is 1. The van der Waals surface area contributed by atoms with Gasteiger partial charge in [0.2, 0.25) is 0 Å². The Labute approximate surface area is 107 Å². The lowest BCUT2D eigenvalue weighted by Crippen LogP contribution is -2.44. The minimum atomic E-state index is -1.69. The maximum absolute atomic E-state index is 13.4. The second-order valence-electron chi connectivity index (χ2n) is 4.56. The molecule has 1 aromatic rings. The minimum Gasteiger partial charge on any atom is -0.387 e. The highest BCUT2D eigenvalue weighted by Crippen LogP contribution is 2.16. The lowest BCUT2D eigenvalue weighted by atomic mass is 10.0. The molecule has 1 aromatic carbocycles. The largest absolute Gasteiger partial charge is 0.387 e. The molecule has 1 fully saturated rings. The summed E-state index contributed by atoms with van der Waals surface area (Å²) in [4.78, 5) is 11.7. The van der Waals surface area contributed by atoms with E-state index in [1.807, 2.05) is 0 Å². The smallest absolute Gasteiger partial charge is 0.254 e. The first-order valence-corrected chi connectivity index (χ1v) is 5.78. The Hall–Kier alpha value is -1.60. The Balaban J connectivity index is 2.06. The van der Waals surface area contributed by atoms with E-state index in [-0.39, 0.29) is 6.54 Å². The van der Waals surface area contributed by atoms with Crippen LogP contribution in [-0.4, -0.2) is 36.2 Å². The Morgan fingerprint density at radius 1 is 1.37 bits per heavy atom. The standard InChI is InChI=1S/C12H13F3N2O2/c13-8-2-1-7(9(14)10(8)15)11(18)17-6-12(19)3-4-16-5-12/h1-2,16,19H,3-6H2,(H,17,18). The van der Waals surface area contributed by atoms with Crippen molar-refractivity contribution < 1.29 is 23.1 Å². The van der Waals surface area contributed by atoms with E-state index in [2.05, 4.69) is 10.6 Å². The molecule has 0 spiro atoms. The Kier molecular flexibility index (Phi) is 3.77. The van der Waals surface area contributed by atoms with Gasteiger partial charge in [0.25, 0.3) is 5.91 Å². The molecule has 1 unspecified atom stereocenters. The van der Waals surface area contributed by atoms with Gasteiger partial charge in [0.05, 0.1) is 11.2 Å². The van der Waals surface area contributed by atoms with E-state index in [4.69, 9.17) is 0 Å². The van der Waals surface area contributed by atoms with E-state index in [9.17, 15) is 23.1 Å². The van der Waals surface area contributed by atoms with Gasteiger partial charge >= 0.3 is 0 Å². The molecule has 0 radical (unpaired) electrons. The molecule has 19 heavy (non-hydrogen) atoms. The number of β-amino-alcohol motifs (C(OH)–C–C–N with tert-alkyl or cyclic N) is 1. The number of hydrogen-bond donors (Lipinski definition) is 3. The molecule has 7 heteroatoms. The van der Waals surface area contributed by atoms with Gasteiger partial charge in [0.15, 0.2) is 17.5 Å². The third-order valence-electron chi connectivity index (χ3n) is 3.08. The number of benzene rings is 1. The van der Waals surface area contributed by atoms with Gasteiger partial charge in [0, 0.05) is 13.1 Å². The fraction of sp³-hybridized carbons (Fsp3) is 0.417. The first-order chi connectivity index (χ1) is 8.93. The highest BCUT2D eigenvalue weighted by Gasteiger charge is 2.31. The molecule has 1 atom stereocenters. The molecular weight excluding hydrogens is 261 g/mol. The maximum atomic E-state index is 13.4. The van der Waals surface area contributed by atoms with Gasteiger partial charge in [-0.1, -0.05) is 0 Å². The lowest BCUT2D eigenvalue weighted by molar-refractivity contribution is 0.0560. The third kappa shape index (κ3) is 2.87. The van der Waals surface area contributed by atoms with E-state index >= 15 is 0 Å². The summed E-state index contributed by atoms with van der Waals surface area (Å²) in [6.45, 7) is 0.844. The van der Waals surface area contributed by atoms with Gasteiger partial charge in [-0.05, 0) is 25.1 Å². The van der Waals surface area contributed by atoms with Crippen LogP contribution in [0.15, 0.2) is 12.1 Å². The molecule has 1 saturated heterocycles. The van der Waals surface area contributed by atoms with Crippen molar-refractivity contribution in [2.24, 2.45) is 0 Å². The third-order valence-corrected chi connectivity index (χ3v) is 3.08. The summed E-state index contributed by atoms with van der Waals surface area (Å²) in [5.41, 5.74) is -1.68. The van der Waals surface area contributed by atoms with Crippen molar-refractivity contribution in [3.63, 3.8) is 0 Å². The molecule has 104 valence electrons. The van der Waals surface area contributed by atoms with Crippen molar-refractivity contribution in [1.29, 1.82) is 0 Å². The van der Waals surface area contributed by atoms with Crippen LogP contribution >= 0.6 is 0 Å². The summed E-state index contributed by atoms with van der Waals surface area (Å²) in [5, 5.41) is 15.2. The molecule has 1 heterocycles. The first-order valence-electron chi connectivity index (χ1n) is 5.78. The highest BCUT2D eigenvalue weighted by atomic mass is 19.2. The van der Waals surface area contributed by atoms with Crippen molar-refractivity contribution in [2.45, 2.75) is 12.0 Å². The Morgan fingerprint density at radius 2 is 2.11 bits per heavy atom. The second-order valence-corrected chi connectivity index (χ2v) is 4.56. The van der Waals surface area contributed by atoms with Crippen LogP contribution in [0.1, 0.15) is 16.8 Å². The predicted molar refractivity (Wildman–Crippen MR) is 61.1 cm³/mol. The summed E-state index contributed by atoms with van der Waals surface area (Å²) in [6.07, 6.45) is 0.452. The van der Waals surface area contributed by atoms with Gasteiger partial charge in [-0.2, -0.15) is 0 Å². The molecule has 2 rings (SSSR count). The summed E-state index contributed by atoms with van der Waals surface area (Å²) in [7, 11) is 0. The SMILES string of the molecule is O=C(NCC1(O)CCNC1)c1ccc(F)c(F)c1F. The fourth-order valence-electron chi connectivity index (χ4n) is 1.92. The minimum absolute atomic E-state index is 0.0860. The second kappa shape index (κ2) is 5.18. The average Bonchev–Trinajstić information content (AvgIpc) is 2.81. The fourth-order valence-corrected chi connectivity index (χ4v) is 1.92. The van der Waals surface area contributed by atoms with Gasteiger partial charge in [-0.15, -0.1) is 0 Å². The van der Waals surface area contributed by atoms with Crippen LogP contribution in [0.4, 0.5) is 13.2 Å². The Morgan fingerprint density at radius 3 is 2.74 bits per heavy atom. The van der Waals surface area contributed by atoms with Crippen LogP contribution in [0, 0.1) is 17.5 Å². The number of hydrogen-bond acceptors (Lipinski definition) is 3. The zero-order valence-corrected chi connectivity index (χ0v) is 9.97. The van der Waals surface area contributed by atoms with Gasteiger partial charge in [0.1, 0.15) is 0 Å². The van der Waals surface area contributed by atoms with Crippen LogP contribution in [-0.2, 0) is 0 Å². The van der Waals surface area contributed by atoms with Crippen LogP contribution in [0.25, 0.3) is 0 Å². The van der Waals surface area contributed by atoms with E-state index in [1.54, 1.807) is 0 Å². The zero-order valence-electron chi connectivity index (χ0n) is 9.97. The van der Waals surface area contributed by atoms with Gasteiger partial charge in [-0.3, -0.25) is 4.79 Å². The summed E-state index contributed by atoms with van der Waals surface area (Å²) in [6, 6.07) is 1.54. The highest BCUT2D eigenvalue weighted by molar-refractivity contribution is 5.94. The quantitative estimate of drug-likeness (QED) is 0.706. The van der Waals surface area contributed by atoms with Crippen LogP contribution in [0.2, 0.25) is 0 Å². The van der Waals surface area contributed by atoms with Crippen molar-refractivity contribution >= 4 is 5.91 Å². The van der Waals surface area contributed by atoms with Crippen LogP contribution in [0.3, 0.4) is 0 Å². The van der Waals surface area contributed by atoms with Crippen molar-refractivity contribution in [3.8, 4) is 0 Å². The maximum Gasteiger partial charge on any atom is 0.254 e. The molecule has 1 aliphatic heterocycles. The molecule has 0 aromatic heterocycles. The van der Waals surface area contributed by atoms with Crippen molar-refractivity contribution in [1.82, 2.24) is 10.6 Å². The number of aliphatic hydroxyl groups is 1. The molecule has 0 saturated carbocycles. The van der Waals surface area contributed by atoms with Crippen LogP contribution in [0.5, 0.6) is 0 Å². The first kappa shape index (κ1) is 13.8. The number of rotatable bonds is 3. The summed E-state index contributed by atoms with van der Waals surface area (Å²) >= 11 is 0. The van der Waals surface area contributed by atoms with Gasteiger partial charge in [-0.25, -0.2) is 13.2 Å². The van der Waals surface area contributed by atoms with Gasteiger partial charge < -0.3 is 15.7 Å². The van der Waals surface area contributed by atoms with E-state index in [0.29, 0.717) is 25.6 Å². The average molecular weight is 274 g/mol. The molecule has 4 nitrogen and oxygen atoms in total. The van der Waals surface area contributed by atoms with Crippen LogP contribution < -0.4 is 10.6 Å². The van der Waals surface area contributed by atoms with Crippen molar-refractivity contribution in [2.75, 3.05) is 19.6 Å². The predicted octanol–water partition coefficient (Wildman–Crippen LogP) is 0.558. The molecule has 1 amide bonds. The topological polar surface area (TPSA) is 61.4 Å². The number of carbonyl (C=O) groups is 1. The van der Waals surface area contributed by atoms with Crippen molar-refractivity contribution in [3.05, 3.63) is 35.1 Å². The van der Waals surface area contributed by atoms with E-state index in [1.165, 1.54) is 0 Å². The summed E-state index contributed by atoms with van der Waals surface area (Å²) in [5.74, 6) is -5.47. The molecule has 3 N–H and O–H groups in total. The molecule has 0 bridgehead atoms. The Bertz CT molecular complexity index is 502. The van der Waals surface area contributed by atoms with E-state index < -0.39 is 34.5 Å². The summed E-state index contributed by atoms with van der Waals surface area (Å²) < 4.78 is 39.1. The monoisotopic (exact) mass is 274 g/mol. The van der Waals surface area contributed by atoms with E-state index in [0.717, 1.165) is 6.07 Å². The zero-order chi connectivity index (χ0) is 14.0. The lowest BCUT2D eigenvalue weighted by Gasteiger charge is -2.21. The molecule has 1 aliphatic rings. The number of nitrogens with one attached hydrogen (secondary N) is 2. The normalized spacial score (nSPS) is 22.5. The molecule has 0 aliphatic carbocycles. The number of carbonyl (C=O) groups excluding carboxylic acids is 1.